The van der Waals surface area contributed by atoms with Crippen LogP contribution in [0.25, 0.3) is 0 Å². The van der Waals surface area contributed by atoms with Gasteiger partial charge in [-0.1, -0.05) is 0 Å². The van der Waals surface area contributed by atoms with Crippen LogP contribution in [0.1, 0.15) is 0 Å². The number of hydrogen-bond acceptors (Lipinski definition) is 2. The van der Waals surface area contributed by atoms with Crippen LogP contribution < -0.4 is 34.7 Å². The van der Waals surface area contributed by atoms with E-state index < -0.39 is 6.16 Å². The smallest absolute Gasteiger partial charge is 0.565 e. The van der Waals surface area contributed by atoms with Gasteiger partial charge in [-0.25, -0.2) is 0 Å². The van der Waals surface area contributed by atoms with E-state index in [4.69, 9.17) is 15.0 Å². The summed E-state index contributed by atoms with van der Waals surface area (Å²) in [6.45, 7) is 0. The summed E-state index contributed by atoms with van der Waals surface area (Å²) in [4.78, 5) is 8.44. The van der Waals surface area contributed by atoms with Gasteiger partial charge in [-0.3, -0.25) is 0 Å². The second-order valence-corrected chi connectivity index (χ2v) is 0.266. The molecule has 0 aliphatic rings. The van der Waals surface area contributed by atoms with Gasteiger partial charge in [0, 0.05) is 0 Å². The Labute approximate surface area is 61.9 Å². The third-order valence-electron chi connectivity index (χ3n) is 0. The molecule has 0 radical (unpaired) electrons. The molecule has 0 saturated carbocycles. The van der Waals surface area contributed by atoms with E-state index in [0.29, 0.717) is 0 Å². The second-order valence-electron chi connectivity index (χ2n) is 0.266. The summed E-state index contributed by atoms with van der Waals surface area (Å²) in [6.07, 6.45) is -2.08. The molecule has 0 saturated heterocycles. The van der Waals surface area contributed by atoms with Crippen LogP contribution in [0.4, 0.5) is 4.79 Å². The molecule has 0 bridgehead atoms. The average molecular weight is 120 g/mol. The summed E-state index contributed by atoms with van der Waals surface area (Å²) in [6, 6.07) is 0. The van der Waals surface area contributed by atoms with Gasteiger partial charge in [-0.2, -0.15) is 0 Å². The van der Waals surface area contributed by atoms with Crippen molar-refractivity contribution in [2.75, 3.05) is 0 Å². The van der Waals surface area contributed by atoms with Crippen LogP contribution >= 0.6 is 0 Å². The summed E-state index contributed by atoms with van der Waals surface area (Å²) < 4.78 is 0. The van der Waals surface area contributed by atoms with Crippen molar-refractivity contribution in [3.05, 3.63) is 0 Å². The predicted octanol–water partition coefficient (Wildman–Crippen LogP) is -5.76. The minimum Gasteiger partial charge on any atom is -0.565 e. The van der Waals surface area contributed by atoms with Crippen LogP contribution in [-0.4, -0.2) is 22.2 Å². The summed E-state index contributed by atoms with van der Waals surface area (Å²) >= 11 is 0. The first-order valence-electron chi connectivity index (χ1n) is 0.632. The monoisotopic (exact) mass is 120 g/mol. The molecule has 7 heavy (non-hydrogen) atoms. The van der Waals surface area contributed by atoms with Crippen LogP contribution in [0.3, 0.4) is 0 Å². The van der Waals surface area contributed by atoms with Crippen LogP contribution in [0, 0.1) is 0 Å². The van der Waals surface area contributed by atoms with Crippen molar-refractivity contribution < 1.29 is 55.5 Å². The van der Waals surface area contributed by atoms with Crippen molar-refractivity contribution in [3.8, 4) is 0 Å². The Hall–Kier alpha value is 0.190. The molecule has 0 heterocycles. The maximum Gasteiger partial charge on any atom is 1.00 e. The molecule has 0 aromatic rings. The molecule has 0 amide bonds. The summed E-state index contributed by atoms with van der Waals surface area (Å²) in [7, 11) is 0. The standard InChI is InChI=1S/CH2O3.Na.2H2O/c2-1(3)4;;;/h(H2,2,3,4);;2*1H2/q;+1;;/p-1. The van der Waals surface area contributed by atoms with E-state index in [-0.39, 0.29) is 40.5 Å². The van der Waals surface area contributed by atoms with Crippen LogP contribution in [0.15, 0.2) is 0 Å². The molecular formula is CH5NaO5. The minimum absolute atomic E-state index is 0. The molecule has 0 unspecified atom stereocenters. The van der Waals surface area contributed by atoms with Gasteiger partial charge >= 0.3 is 29.6 Å². The third kappa shape index (κ3) is 3010. The van der Waals surface area contributed by atoms with Crippen LogP contribution in [-0.2, 0) is 0 Å². The molecule has 5 nitrogen and oxygen atoms in total. The zero-order valence-corrected chi connectivity index (χ0v) is 5.76. The van der Waals surface area contributed by atoms with Gasteiger partial charge in [-0.05, 0) is 0 Å². The van der Waals surface area contributed by atoms with Gasteiger partial charge in [0.05, 0.1) is 0 Å². The number of hydrogen-bond donors (Lipinski definition) is 1. The van der Waals surface area contributed by atoms with Crippen LogP contribution in [0.5, 0.6) is 0 Å². The largest absolute Gasteiger partial charge is 1.00 e. The van der Waals surface area contributed by atoms with E-state index in [1.165, 1.54) is 0 Å². The fourth-order valence-electron chi connectivity index (χ4n) is 0. The maximum absolute atomic E-state index is 8.44. The third-order valence-corrected chi connectivity index (χ3v) is 0. The van der Waals surface area contributed by atoms with Gasteiger partial charge in [0.1, 0.15) is 0 Å². The molecule has 5 N–H and O–H groups in total. The van der Waals surface area contributed by atoms with E-state index in [9.17, 15) is 0 Å². The minimum atomic E-state index is -2.08. The molecule has 0 atom stereocenters. The Bertz CT molecular complexity index is 31.1. The average Bonchev–Trinajstić information content (AvgIpc) is 0.811. The van der Waals surface area contributed by atoms with Crippen molar-refractivity contribution >= 4 is 6.16 Å². The Morgan fingerprint density at radius 2 is 1.43 bits per heavy atom. The number of carboxylic acid groups (broad SMARTS) is 2. The van der Waals surface area contributed by atoms with Crippen molar-refractivity contribution in [2.45, 2.75) is 0 Å². The molecule has 0 rings (SSSR count). The Morgan fingerprint density at radius 1 is 1.43 bits per heavy atom. The van der Waals surface area contributed by atoms with Crippen molar-refractivity contribution in [2.24, 2.45) is 0 Å². The molecule has 0 aromatic carbocycles. The Kier molecular flexibility index (Phi) is 63.4. The fourth-order valence-corrected chi connectivity index (χ4v) is 0. The van der Waals surface area contributed by atoms with Gasteiger partial charge < -0.3 is 26.0 Å². The van der Waals surface area contributed by atoms with Crippen molar-refractivity contribution in [1.29, 1.82) is 0 Å². The zero-order valence-electron chi connectivity index (χ0n) is 3.76. The predicted molar refractivity (Wildman–Crippen MR) is 15.3 cm³/mol. The number of rotatable bonds is 0. The zero-order chi connectivity index (χ0) is 3.58. The van der Waals surface area contributed by atoms with E-state index in [2.05, 4.69) is 0 Å². The van der Waals surface area contributed by atoms with Crippen molar-refractivity contribution in [3.63, 3.8) is 0 Å². The normalized spacial score (nSPS) is 3.43. The second kappa shape index (κ2) is 16.4. The quantitative estimate of drug-likeness (QED) is 0.320. The Morgan fingerprint density at radius 3 is 1.43 bits per heavy atom. The van der Waals surface area contributed by atoms with E-state index in [0.717, 1.165) is 0 Å². The first kappa shape index (κ1) is 27.1. The van der Waals surface area contributed by atoms with Crippen LogP contribution in [0.2, 0.25) is 0 Å². The van der Waals surface area contributed by atoms with Gasteiger partial charge in [0.2, 0.25) is 6.16 Å². The summed E-state index contributed by atoms with van der Waals surface area (Å²) in [5.74, 6) is 0. The van der Waals surface area contributed by atoms with Gasteiger partial charge in [0.25, 0.3) is 0 Å². The molecule has 0 spiro atoms. The van der Waals surface area contributed by atoms with Gasteiger partial charge in [0.15, 0.2) is 0 Å². The molecule has 0 fully saturated rings. The summed E-state index contributed by atoms with van der Waals surface area (Å²) in [5.41, 5.74) is 0. The number of carbonyl (C=O) groups is 1. The van der Waals surface area contributed by atoms with Gasteiger partial charge in [-0.15, -0.1) is 0 Å². The van der Waals surface area contributed by atoms with E-state index in [1.807, 2.05) is 0 Å². The summed E-state index contributed by atoms with van der Waals surface area (Å²) in [5, 5.41) is 15.3. The Balaban J connectivity index is -0.0000000150. The van der Waals surface area contributed by atoms with E-state index in [1.54, 1.807) is 0 Å². The van der Waals surface area contributed by atoms with E-state index >= 15 is 0 Å². The molecular weight excluding hydrogens is 115 g/mol. The molecule has 0 aliphatic heterocycles. The SMILES string of the molecule is O.O.O=C([O-])O.[Na+]. The molecule has 40 valence electrons. The first-order valence-corrected chi connectivity index (χ1v) is 0.632. The fraction of sp³-hybridized carbons (Fsp3) is 0. The van der Waals surface area contributed by atoms with Crippen molar-refractivity contribution in [1.82, 2.24) is 0 Å². The molecule has 6 heteroatoms. The first-order chi connectivity index (χ1) is 1.73. The molecule has 0 aromatic heterocycles. The topological polar surface area (TPSA) is 123 Å². The molecule has 0 aliphatic carbocycles. The maximum atomic E-state index is 8.44.